The molecule has 0 saturated heterocycles. The molecule has 0 aliphatic carbocycles. The molecule has 0 fully saturated rings. The molecule has 1 aliphatic rings. The molecule has 1 nitrogen and oxygen atoms in total. The summed E-state index contributed by atoms with van der Waals surface area (Å²) in [7, 11) is 0. The Balaban J connectivity index is 1.51. The Morgan fingerprint density at radius 2 is 1.03 bits per heavy atom. The summed E-state index contributed by atoms with van der Waals surface area (Å²) in [5.41, 5.74) is 15.3. The fourth-order valence-corrected chi connectivity index (χ4v) is 5.77. The van der Waals surface area contributed by atoms with Crippen molar-refractivity contribution < 1.29 is 0 Å². The van der Waals surface area contributed by atoms with Gasteiger partial charge >= 0.3 is 0 Å². The van der Waals surface area contributed by atoms with Crippen molar-refractivity contribution in [2.75, 3.05) is 4.90 Å². The third-order valence-corrected chi connectivity index (χ3v) is 7.99. The van der Waals surface area contributed by atoms with Crippen LogP contribution in [-0.4, -0.2) is 0 Å². The van der Waals surface area contributed by atoms with Crippen LogP contribution >= 0.6 is 0 Å². The lowest BCUT2D eigenvalue weighted by molar-refractivity contribution is 0.733. The van der Waals surface area contributed by atoms with E-state index in [2.05, 4.69) is 142 Å². The number of para-hydroxylation sites is 2. The summed E-state index contributed by atoms with van der Waals surface area (Å²) in [5.74, 6) is 0.587. The van der Waals surface area contributed by atoms with Crippen LogP contribution in [0, 0.1) is 13.8 Å². The zero-order valence-electron chi connectivity index (χ0n) is 22.1. The molecule has 1 atom stereocenters. The quantitative estimate of drug-likeness (QED) is 0.243. The Morgan fingerprint density at radius 3 is 1.54 bits per heavy atom. The lowest BCUT2D eigenvalue weighted by Crippen LogP contribution is -2.11. The lowest BCUT2D eigenvalue weighted by Gasteiger charge is -2.28. The average Bonchev–Trinajstić information content (AvgIpc) is 3.06. The van der Waals surface area contributed by atoms with Gasteiger partial charge < -0.3 is 4.90 Å². The molecule has 0 spiro atoms. The van der Waals surface area contributed by atoms with Crippen LogP contribution in [0.3, 0.4) is 0 Å². The number of benzene rings is 5. The number of nitrogens with zero attached hydrogens (tertiary/aromatic N) is 1. The maximum Gasteiger partial charge on any atom is 0.0540 e. The van der Waals surface area contributed by atoms with Crippen molar-refractivity contribution in [3.63, 3.8) is 0 Å². The minimum Gasteiger partial charge on any atom is -0.309 e. The highest BCUT2D eigenvalue weighted by Crippen LogP contribution is 2.50. The number of fused-ring (bicyclic) bond motifs is 5. The van der Waals surface area contributed by atoms with Gasteiger partial charge in [-0.3, -0.25) is 0 Å². The van der Waals surface area contributed by atoms with E-state index >= 15 is 0 Å². The average molecular weight is 480 g/mol. The van der Waals surface area contributed by atoms with Crippen LogP contribution in [0.15, 0.2) is 109 Å². The van der Waals surface area contributed by atoms with E-state index in [-0.39, 0.29) is 0 Å². The van der Waals surface area contributed by atoms with E-state index < -0.39 is 0 Å². The molecular weight excluding hydrogens is 446 g/mol. The molecule has 0 amide bonds. The van der Waals surface area contributed by atoms with Crippen molar-refractivity contribution in [1.29, 1.82) is 0 Å². The maximum absolute atomic E-state index is 2.43. The topological polar surface area (TPSA) is 3.24 Å². The van der Waals surface area contributed by atoms with Gasteiger partial charge in [-0.25, -0.2) is 0 Å². The molecule has 1 unspecified atom stereocenters. The summed E-state index contributed by atoms with van der Waals surface area (Å²) in [6.07, 6.45) is 1.16. The van der Waals surface area contributed by atoms with Gasteiger partial charge in [0.25, 0.3) is 0 Å². The molecule has 0 saturated carbocycles. The van der Waals surface area contributed by atoms with Gasteiger partial charge in [-0.2, -0.15) is 0 Å². The van der Waals surface area contributed by atoms with Crippen molar-refractivity contribution in [1.82, 2.24) is 0 Å². The lowest BCUT2D eigenvalue weighted by atomic mass is 9.91. The molecule has 5 aromatic rings. The van der Waals surface area contributed by atoms with Gasteiger partial charge in [-0.15, -0.1) is 0 Å². The van der Waals surface area contributed by atoms with Crippen LogP contribution in [0.2, 0.25) is 0 Å². The zero-order chi connectivity index (χ0) is 25.5. The molecule has 37 heavy (non-hydrogen) atoms. The third-order valence-electron chi connectivity index (χ3n) is 7.99. The highest BCUT2D eigenvalue weighted by atomic mass is 15.1. The standard InChI is InChI=1S/C36H33N/c1-5-24(2)27-18-20-29(25(3)22-27)30-21-19-28(23-26(30)4)37-35-16-10-8-14-33(35)31-12-6-7-13-32(31)34-15-9-11-17-36(34)37/h6-24H,5H2,1-4H3. The largest absolute Gasteiger partial charge is 0.309 e. The molecule has 0 N–H and O–H groups in total. The molecule has 0 aromatic heterocycles. The van der Waals surface area contributed by atoms with Crippen LogP contribution in [0.1, 0.15) is 42.9 Å². The Morgan fingerprint density at radius 1 is 0.541 bits per heavy atom. The van der Waals surface area contributed by atoms with Crippen molar-refractivity contribution in [3.8, 4) is 33.4 Å². The van der Waals surface area contributed by atoms with Gasteiger partial charge in [0, 0.05) is 16.8 Å². The van der Waals surface area contributed by atoms with Gasteiger partial charge in [0.05, 0.1) is 11.4 Å². The number of hydrogen-bond acceptors (Lipinski definition) is 1. The summed E-state index contributed by atoms with van der Waals surface area (Å²) in [6, 6.07) is 40.3. The number of hydrogen-bond donors (Lipinski definition) is 0. The first-order valence-electron chi connectivity index (χ1n) is 13.4. The van der Waals surface area contributed by atoms with Gasteiger partial charge in [-0.1, -0.05) is 98.8 Å². The van der Waals surface area contributed by atoms with Crippen LogP contribution < -0.4 is 4.90 Å². The molecule has 1 aliphatic heterocycles. The van der Waals surface area contributed by atoms with Crippen molar-refractivity contribution in [2.24, 2.45) is 0 Å². The van der Waals surface area contributed by atoms with Crippen LogP contribution in [0.4, 0.5) is 17.1 Å². The molecule has 6 rings (SSSR count). The third kappa shape index (κ3) is 3.96. The van der Waals surface area contributed by atoms with E-state index in [0.29, 0.717) is 5.92 Å². The van der Waals surface area contributed by atoms with E-state index in [0.717, 1.165) is 6.42 Å². The molecule has 182 valence electrons. The van der Waals surface area contributed by atoms with Gasteiger partial charge in [0.1, 0.15) is 0 Å². The van der Waals surface area contributed by atoms with E-state index in [1.165, 1.54) is 67.1 Å². The Bertz CT molecular complexity index is 1540. The Hall–Kier alpha value is -4.10. The van der Waals surface area contributed by atoms with Gasteiger partial charge in [0.15, 0.2) is 0 Å². The number of anilines is 3. The summed E-state index contributed by atoms with van der Waals surface area (Å²) in [6.45, 7) is 9.05. The number of aryl methyl sites for hydroxylation is 2. The maximum atomic E-state index is 2.43. The molecule has 5 aromatic carbocycles. The first-order valence-corrected chi connectivity index (χ1v) is 13.4. The first-order chi connectivity index (χ1) is 18.1. The number of rotatable bonds is 4. The monoisotopic (exact) mass is 479 g/mol. The van der Waals surface area contributed by atoms with E-state index in [1.807, 2.05) is 0 Å². The summed E-state index contributed by atoms with van der Waals surface area (Å²) in [4.78, 5) is 2.43. The van der Waals surface area contributed by atoms with E-state index in [4.69, 9.17) is 0 Å². The highest BCUT2D eigenvalue weighted by molar-refractivity contribution is 6.02. The Kier molecular flexibility index (Phi) is 5.93. The van der Waals surface area contributed by atoms with E-state index in [1.54, 1.807) is 0 Å². The fraction of sp³-hybridized carbons (Fsp3) is 0.167. The SMILES string of the molecule is CCC(C)c1ccc(-c2ccc(N3c4ccccc4-c4ccccc4-c4ccccc43)cc2C)c(C)c1. The molecule has 0 radical (unpaired) electrons. The molecule has 1 heteroatoms. The second-order valence-corrected chi connectivity index (χ2v) is 10.3. The van der Waals surface area contributed by atoms with Crippen LogP contribution in [-0.2, 0) is 0 Å². The normalized spacial score (nSPS) is 12.8. The zero-order valence-corrected chi connectivity index (χ0v) is 22.1. The Labute approximate surface area is 221 Å². The second-order valence-electron chi connectivity index (χ2n) is 10.3. The highest BCUT2D eigenvalue weighted by Gasteiger charge is 2.25. The van der Waals surface area contributed by atoms with Crippen molar-refractivity contribution >= 4 is 17.1 Å². The van der Waals surface area contributed by atoms with Gasteiger partial charge in [-0.05, 0) is 89.4 Å². The minimum absolute atomic E-state index is 0.587. The molecule has 1 heterocycles. The predicted molar refractivity (Wildman–Crippen MR) is 159 cm³/mol. The van der Waals surface area contributed by atoms with E-state index in [9.17, 15) is 0 Å². The summed E-state index contributed by atoms with van der Waals surface area (Å²) >= 11 is 0. The molecule has 0 bridgehead atoms. The second kappa shape index (κ2) is 9.41. The van der Waals surface area contributed by atoms with Crippen LogP contribution in [0.25, 0.3) is 33.4 Å². The first kappa shape index (κ1) is 23.3. The minimum atomic E-state index is 0.587. The predicted octanol–water partition coefficient (Wildman–Crippen LogP) is 10.6. The van der Waals surface area contributed by atoms with Gasteiger partial charge in [0.2, 0.25) is 0 Å². The van der Waals surface area contributed by atoms with Crippen molar-refractivity contribution in [3.05, 3.63) is 126 Å². The smallest absolute Gasteiger partial charge is 0.0540 e. The molecular formula is C36H33N. The summed E-state index contributed by atoms with van der Waals surface area (Å²) in [5, 5.41) is 0. The fourth-order valence-electron chi connectivity index (χ4n) is 5.77. The van der Waals surface area contributed by atoms with Crippen LogP contribution in [0.5, 0.6) is 0 Å². The van der Waals surface area contributed by atoms with Crippen molar-refractivity contribution in [2.45, 2.75) is 40.0 Å². The summed E-state index contributed by atoms with van der Waals surface area (Å²) < 4.78 is 0.